The highest BCUT2D eigenvalue weighted by atomic mass is 16.7. The molecule has 1 N–H and O–H groups in total. The van der Waals surface area contributed by atoms with Crippen LogP contribution in [0, 0.1) is 11.3 Å². The van der Waals surface area contributed by atoms with Crippen molar-refractivity contribution in [3.63, 3.8) is 0 Å². The lowest BCUT2D eigenvalue weighted by Gasteiger charge is -2.55. The van der Waals surface area contributed by atoms with Gasteiger partial charge in [-0.05, 0) is 33.3 Å². The Morgan fingerprint density at radius 2 is 1.53 bits per heavy atom. The fraction of sp³-hybridized carbons (Fsp3) is 0.767. The Kier molecular flexibility index (Phi) is 7.50. The van der Waals surface area contributed by atoms with E-state index in [0.29, 0.717) is 12.0 Å². The monoisotopic (exact) mass is 608 g/mol. The number of rotatable bonds is 6. The Balaban J connectivity index is 1.82. The van der Waals surface area contributed by atoms with Crippen molar-refractivity contribution in [1.82, 2.24) is 0 Å². The number of aliphatic hydroxyl groups is 1. The third-order valence-electron chi connectivity index (χ3n) is 9.78. The third-order valence-corrected chi connectivity index (χ3v) is 9.78. The van der Waals surface area contributed by atoms with Gasteiger partial charge in [-0.25, -0.2) is 4.79 Å². The second-order valence-electron chi connectivity index (χ2n) is 12.9. The van der Waals surface area contributed by atoms with Crippen LogP contribution in [0.1, 0.15) is 74.7 Å². The van der Waals surface area contributed by atoms with Crippen molar-refractivity contribution in [3.8, 4) is 0 Å². The van der Waals surface area contributed by atoms with Crippen molar-refractivity contribution >= 4 is 29.8 Å². The molecule has 3 aliphatic heterocycles. The van der Waals surface area contributed by atoms with Crippen LogP contribution in [-0.2, 0) is 57.1 Å². The Bertz CT molecular complexity index is 1280. The van der Waals surface area contributed by atoms with Crippen molar-refractivity contribution in [3.05, 3.63) is 11.6 Å². The molecule has 2 aliphatic carbocycles. The van der Waals surface area contributed by atoms with Crippen molar-refractivity contribution in [2.75, 3.05) is 0 Å². The molecular weight excluding hydrogens is 568 g/mol. The predicted molar refractivity (Wildman–Crippen MR) is 143 cm³/mol. The van der Waals surface area contributed by atoms with E-state index in [-0.39, 0.29) is 12.8 Å². The van der Waals surface area contributed by atoms with Gasteiger partial charge in [0.2, 0.25) is 0 Å². The summed E-state index contributed by atoms with van der Waals surface area (Å²) >= 11 is 0. The Morgan fingerprint density at radius 1 is 0.953 bits per heavy atom. The molecule has 0 unspecified atom stereocenters. The third kappa shape index (κ3) is 4.57. The quantitative estimate of drug-likeness (QED) is 0.199. The first-order valence-corrected chi connectivity index (χ1v) is 14.6. The Labute approximate surface area is 249 Å². The van der Waals surface area contributed by atoms with Crippen LogP contribution in [0.3, 0.4) is 0 Å². The largest absolute Gasteiger partial charge is 0.459 e. The van der Waals surface area contributed by atoms with Gasteiger partial charge in [-0.1, -0.05) is 19.4 Å². The molecule has 0 aromatic heterocycles. The van der Waals surface area contributed by atoms with Crippen LogP contribution in [-0.4, -0.2) is 94.5 Å². The average Bonchev–Trinajstić information content (AvgIpc) is 3.73. The minimum Gasteiger partial charge on any atom is -0.459 e. The van der Waals surface area contributed by atoms with E-state index in [0.717, 1.165) is 0 Å². The summed E-state index contributed by atoms with van der Waals surface area (Å²) in [6.45, 7) is 12.0. The first-order valence-electron chi connectivity index (χ1n) is 14.6. The molecule has 5 rings (SSSR count). The fourth-order valence-electron chi connectivity index (χ4n) is 8.02. The van der Waals surface area contributed by atoms with Gasteiger partial charge in [0.25, 0.3) is 0 Å². The number of aliphatic hydroxyl groups excluding tert-OH is 1. The number of hydrogen-bond donors (Lipinski definition) is 1. The number of hydrogen-bond acceptors (Lipinski definition) is 13. The van der Waals surface area contributed by atoms with Crippen molar-refractivity contribution in [2.24, 2.45) is 11.3 Å². The molecule has 0 radical (unpaired) electrons. The number of fused-ring (bicyclic) bond motifs is 3. The summed E-state index contributed by atoms with van der Waals surface area (Å²) in [5.74, 6) is -4.44. The van der Waals surface area contributed by atoms with Crippen LogP contribution >= 0.6 is 0 Å². The molecule has 1 saturated carbocycles. The zero-order valence-electron chi connectivity index (χ0n) is 25.7. The molecule has 0 bridgehead atoms. The van der Waals surface area contributed by atoms with Gasteiger partial charge in [-0.3, -0.25) is 19.2 Å². The van der Waals surface area contributed by atoms with Crippen molar-refractivity contribution in [1.29, 1.82) is 0 Å². The zero-order valence-corrected chi connectivity index (χ0v) is 25.7. The maximum Gasteiger partial charge on any atom is 0.342 e. The van der Waals surface area contributed by atoms with Gasteiger partial charge in [0, 0.05) is 39.5 Å². The summed E-state index contributed by atoms with van der Waals surface area (Å²) in [7, 11) is 0. The van der Waals surface area contributed by atoms with Crippen LogP contribution in [0.5, 0.6) is 0 Å². The summed E-state index contributed by atoms with van der Waals surface area (Å²) in [4.78, 5) is 64.2. The van der Waals surface area contributed by atoms with E-state index in [4.69, 9.17) is 33.2 Å². The molecule has 13 heteroatoms. The molecule has 0 amide bonds. The smallest absolute Gasteiger partial charge is 0.342 e. The number of ether oxygens (including phenoxy) is 7. The molecule has 13 nitrogen and oxygen atoms in total. The van der Waals surface area contributed by atoms with Gasteiger partial charge in [0.1, 0.15) is 42.2 Å². The van der Waals surface area contributed by atoms with Crippen molar-refractivity contribution in [2.45, 2.75) is 134 Å². The van der Waals surface area contributed by atoms with Crippen molar-refractivity contribution < 1.29 is 62.2 Å². The van der Waals surface area contributed by atoms with E-state index in [1.54, 1.807) is 33.8 Å². The van der Waals surface area contributed by atoms with Gasteiger partial charge in [0.05, 0.1) is 5.41 Å². The van der Waals surface area contributed by atoms with E-state index in [1.165, 1.54) is 20.8 Å². The predicted octanol–water partition coefficient (Wildman–Crippen LogP) is 1.45. The highest BCUT2D eigenvalue weighted by Crippen LogP contribution is 2.69. The van der Waals surface area contributed by atoms with Crippen LogP contribution in [0.2, 0.25) is 0 Å². The van der Waals surface area contributed by atoms with Gasteiger partial charge < -0.3 is 38.3 Å². The van der Waals surface area contributed by atoms with Crippen LogP contribution in [0.15, 0.2) is 11.6 Å². The Hall–Kier alpha value is -3.03. The van der Waals surface area contributed by atoms with Crippen LogP contribution in [0.25, 0.3) is 0 Å². The van der Waals surface area contributed by atoms with Gasteiger partial charge in [-0.2, -0.15) is 0 Å². The molecule has 12 atom stereocenters. The molecule has 5 aliphatic rings. The SMILES string of the molecule is CCCC(=O)O[C@@H]1C/C(C)=C\[C@@H]2OC(=O)[C@]3(C)O[C@]23[C@H](OC(C)=O)[C@H]2[C@@]3(C)O[C@H]3[C@@H](O)[C@H](OC(C)=O)[C@]2(C)[C@H]1OC(C)=O. The highest BCUT2D eigenvalue weighted by molar-refractivity contribution is 5.89. The molecule has 3 heterocycles. The number of epoxide rings is 2. The Morgan fingerprint density at radius 3 is 2.09 bits per heavy atom. The van der Waals surface area contributed by atoms with E-state index >= 15 is 0 Å². The first kappa shape index (κ1) is 31.4. The second kappa shape index (κ2) is 10.3. The summed E-state index contributed by atoms with van der Waals surface area (Å²) in [6, 6.07) is 0. The maximum absolute atomic E-state index is 13.2. The van der Waals surface area contributed by atoms with E-state index in [1.807, 2.05) is 6.92 Å². The van der Waals surface area contributed by atoms with Gasteiger partial charge >= 0.3 is 29.8 Å². The zero-order chi connectivity index (χ0) is 31.9. The lowest BCUT2D eigenvalue weighted by Crippen LogP contribution is -2.71. The molecule has 3 saturated heterocycles. The van der Waals surface area contributed by atoms with Crippen LogP contribution in [0.4, 0.5) is 0 Å². The van der Waals surface area contributed by atoms with E-state index in [9.17, 15) is 29.1 Å². The number of carbonyl (C=O) groups excluding carboxylic acids is 5. The normalized spacial score (nSPS) is 47.1. The average molecular weight is 609 g/mol. The van der Waals surface area contributed by atoms with Gasteiger partial charge in [0.15, 0.2) is 17.3 Å². The molecule has 238 valence electrons. The summed E-state index contributed by atoms with van der Waals surface area (Å²) in [5.41, 5.74) is -5.34. The van der Waals surface area contributed by atoms with Crippen LogP contribution < -0.4 is 0 Å². The topological polar surface area (TPSA) is 177 Å². The molecular formula is C30H40O13. The summed E-state index contributed by atoms with van der Waals surface area (Å²) in [6.07, 6.45) is -6.24. The molecule has 0 aromatic carbocycles. The van der Waals surface area contributed by atoms with E-state index < -0.39 is 101 Å². The molecule has 1 spiro atoms. The van der Waals surface area contributed by atoms with E-state index in [2.05, 4.69) is 0 Å². The fourth-order valence-corrected chi connectivity index (χ4v) is 8.02. The molecule has 0 aromatic rings. The lowest BCUT2D eigenvalue weighted by atomic mass is 9.52. The summed E-state index contributed by atoms with van der Waals surface area (Å²) < 4.78 is 41.9. The molecule has 4 fully saturated rings. The number of carbonyl (C=O) groups is 5. The highest BCUT2D eigenvalue weighted by Gasteiger charge is 2.90. The lowest BCUT2D eigenvalue weighted by molar-refractivity contribution is -0.242. The minimum absolute atomic E-state index is 0.0265. The standard InChI is InChI=1S/C30H40O13/c1-9-10-19(34)40-17-11-13(2)12-18-30(29(8,43-30)26(36)41-18)25(39-16(5)33)21-27(6,22(17)37-14(3)31)23(38-15(4)32)20(35)24-28(21,7)42-24/h12,17-18,20-25,35H,9-11H2,1-8H3/b13-12-/t17-,18+,20+,21-,22+,23+,24+,25-,27+,28-,29+,30+/m1/s1. The summed E-state index contributed by atoms with van der Waals surface area (Å²) in [5, 5.41) is 11.6. The first-order chi connectivity index (χ1) is 20.0. The second-order valence-corrected chi connectivity index (χ2v) is 12.9. The minimum atomic E-state index is -1.65. The number of esters is 5. The molecule has 43 heavy (non-hydrogen) atoms. The van der Waals surface area contributed by atoms with Gasteiger partial charge in [-0.15, -0.1) is 0 Å². The maximum atomic E-state index is 13.2.